The Hall–Kier alpha value is -0.0600. The van der Waals surface area contributed by atoms with Gasteiger partial charge in [-0.3, -0.25) is 0 Å². The van der Waals surface area contributed by atoms with Crippen molar-refractivity contribution in [3.8, 4) is 12.3 Å². The van der Waals surface area contributed by atoms with Gasteiger partial charge in [-0.05, 0) is 28.4 Å². The summed E-state index contributed by atoms with van der Waals surface area (Å²) < 4.78 is 26.9. The maximum absolute atomic E-state index is 11.9. The van der Waals surface area contributed by atoms with E-state index in [1.165, 1.54) is 6.07 Å². The van der Waals surface area contributed by atoms with Crippen molar-refractivity contribution in [3.05, 3.63) is 14.9 Å². The van der Waals surface area contributed by atoms with Crippen LogP contribution in [0.3, 0.4) is 0 Å². The van der Waals surface area contributed by atoms with Crippen LogP contribution in [0.1, 0.15) is 13.3 Å². The molecule has 1 N–H and O–H groups in total. The van der Waals surface area contributed by atoms with Crippen LogP contribution in [0.4, 0.5) is 0 Å². The average Bonchev–Trinajstić information content (AvgIpc) is 2.56. The Morgan fingerprint density at radius 2 is 2.38 bits per heavy atom. The van der Waals surface area contributed by atoms with Crippen LogP contribution in [0, 0.1) is 12.3 Å². The molecule has 3 nitrogen and oxygen atoms in total. The molecule has 1 heterocycles. The highest BCUT2D eigenvalue weighted by Crippen LogP contribution is 2.34. The number of rotatable bonds is 4. The molecule has 0 saturated carbocycles. The zero-order valence-electron chi connectivity index (χ0n) is 8.33. The summed E-state index contributed by atoms with van der Waals surface area (Å²) in [6.07, 6.45) is 5.73. The molecule has 0 amide bonds. The monoisotopic (exact) mass is 341 g/mol. The summed E-state index contributed by atoms with van der Waals surface area (Å²) in [5.41, 5.74) is 0. The summed E-state index contributed by atoms with van der Waals surface area (Å²) in [5, 5.41) is 0.374. The predicted molar refractivity (Wildman–Crippen MR) is 70.3 cm³/mol. The van der Waals surface area contributed by atoms with Crippen molar-refractivity contribution >= 4 is 48.9 Å². The van der Waals surface area contributed by atoms with Crippen molar-refractivity contribution in [3.63, 3.8) is 0 Å². The fourth-order valence-corrected chi connectivity index (χ4v) is 4.59. The topological polar surface area (TPSA) is 46.2 Å². The molecule has 0 bridgehead atoms. The van der Waals surface area contributed by atoms with Crippen molar-refractivity contribution in [1.82, 2.24) is 4.72 Å². The summed E-state index contributed by atoms with van der Waals surface area (Å²) in [6.45, 7) is 1.81. The van der Waals surface area contributed by atoms with Crippen molar-refractivity contribution in [2.45, 2.75) is 23.6 Å². The van der Waals surface area contributed by atoms with Gasteiger partial charge in [0.25, 0.3) is 10.0 Å². The van der Waals surface area contributed by atoms with Crippen LogP contribution in [0.2, 0.25) is 5.02 Å². The van der Waals surface area contributed by atoms with E-state index in [4.69, 9.17) is 18.0 Å². The number of halogens is 2. The first kappa shape index (κ1) is 14.0. The third-order valence-electron chi connectivity index (χ3n) is 1.79. The zero-order valence-corrected chi connectivity index (χ0v) is 12.3. The maximum atomic E-state index is 11.9. The van der Waals surface area contributed by atoms with Crippen molar-refractivity contribution < 1.29 is 8.42 Å². The molecule has 16 heavy (non-hydrogen) atoms. The Morgan fingerprint density at radius 1 is 1.75 bits per heavy atom. The van der Waals surface area contributed by atoms with Crippen LogP contribution < -0.4 is 4.72 Å². The molecule has 0 aliphatic heterocycles. The molecular weight excluding hydrogens is 334 g/mol. The van der Waals surface area contributed by atoms with Gasteiger partial charge in [0.05, 0.1) is 14.9 Å². The SMILES string of the molecule is C#CC(CC)NS(=O)(=O)c1cc(Cl)c(Br)s1. The Balaban J connectivity index is 2.99. The average molecular weight is 343 g/mol. The normalized spacial score (nSPS) is 13.4. The van der Waals surface area contributed by atoms with Crippen LogP contribution in [0.5, 0.6) is 0 Å². The lowest BCUT2D eigenvalue weighted by Crippen LogP contribution is -2.32. The molecular formula is C9H9BrClNO2S2. The zero-order chi connectivity index (χ0) is 12.3. The van der Waals surface area contributed by atoms with E-state index in [2.05, 4.69) is 26.6 Å². The Labute approximate surface area is 112 Å². The summed E-state index contributed by atoms with van der Waals surface area (Å²) in [5.74, 6) is 2.37. The van der Waals surface area contributed by atoms with Crippen LogP contribution in [-0.4, -0.2) is 14.5 Å². The molecule has 0 aliphatic carbocycles. The minimum absolute atomic E-state index is 0.151. The lowest BCUT2D eigenvalue weighted by Gasteiger charge is -2.09. The van der Waals surface area contributed by atoms with Crippen molar-refractivity contribution in [2.24, 2.45) is 0 Å². The van der Waals surface area contributed by atoms with Gasteiger partial charge in [0.1, 0.15) is 4.21 Å². The number of nitrogens with one attached hydrogen (secondary N) is 1. The summed E-state index contributed by atoms with van der Waals surface area (Å²) >= 11 is 9.98. The molecule has 0 saturated heterocycles. The first-order valence-electron chi connectivity index (χ1n) is 4.34. The molecule has 0 fully saturated rings. The molecule has 1 atom stereocenters. The van der Waals surface area contributed by atoms with Gasteiger partial charge in [-0.25, -0.2) is 8.42 Å². The molecule has 7 heteroatoms. The third kappa shape index (κ3) is 3.22. The Bertz CT molecular complexity index is 499. The van der Waals surface area contributed by atoms with Gasteiger partial charge in [-0.1, -0.05) is 24.4 Å². The largest absolute Gasteiger partial charge is 0.251 e. The Kier molecular flexibility index (Phi) is 4.83. The molecule has 1 rings (SSSR count). The smallest absolute Gasteiger partial charge is 0.206 e. The first-order chi connectivity index (χ1) is 7.40. The van der Waals surface area contributed by atoms with E-state index in [0.717, 1.165) is 11.3 Å². The molecule has 0 aliphatic rings. The second-order valence-corrected chi connectivity index (χ2v) is 7.65. The van der Waals surface area contributed by atoms with Gasteiger partial charge in [0, 0.05) is 0 Å². The second-order valence-electron chi connectivity index (χ2n) is 2.94. The van der Waals surface area contributed by atoms with E-state index in [0.29, 0.717) is 15.2 Å². The van der Waals surface area contributed by atoms with Gasteiger partial charge < -0.3 is 0 Å². The number of thiophene rings is 1. The summed E-state index contributed by atoms with van der Waals surface area (Å²) in [6, 6.07) is 0.895. The molecule has 88 valence electrons. The minimum Gasteiger partial charge on any atom is -0.206 e. The quantitative estimate of drug-likeness (QED) is 0.855. The minimum atomic E-state index is -3.57. The number of hydrogen-bond donors (Lipinski definition) is 1. The first-order valence-corrected chi connectivity index (χ1v) is 7.81. The van der Waals surface area contributed by atoms with E-state index < -0.39 is 16.1 Å². The van der Waals surface area contributed by atoms with Gasteiger partial charge in [-0.15, -0.1) is 17.8 Å². The number of hydrogen-bond acceptors (Lipinski definition) is 3. The van der Waals surface area contributed by atoms with E-state index in [-0.39, 0.29) is 4.21 Å². The fourth-order valence-electron chi connectivity index (χ4n) is 0.940. The molecule has 0 aromatic carbocycles. The fraction of sp³-hybridized carbons (Fsp3) is 0.333. The Morgan fingerprint density at radius 3 is 2.75 bits per heavy atom. The highest BCUT2D eigenvalue weighted by molar-refractivity contribution is 9.11. The molecule has 1 unspecified atom stereocenters. The standard InChI is InChI=1S/C9H9BrClNO2S2/c1-3-6(4-2)12-16(13,14)8-5-7(11)9(10)15-8/h1,5-6,12H,4H2,2H3. The molecule has 0 radical (unpaired) electrons. The van der Waals surface area contributed by atoms with E-state index in [1.807, 2.05) is 6.92 Å². The van der Waals surface area contributed by atoms with Gasteiger partial charge >= 0.3 is 0 Å². The van der Waals surface area contributed by atoms with Crippen LogP contribution in [0.15, 0.2) is 14.1 Å². The van der Waals surface area contributed by atoms with E-state index in [9.17, 15) is 8.42 Å². The lowest BCUT2D eigenvalue weighted by atomic mass is 10.3. The second kappa shape index (κ2) is 5.52. The maximum Gasteiger partial charge on any atom is 0.251 e. The summed E-state index contributed by atoms with van der Waals surface area (Å²) in [4.78, 5) is 0. The molecule has 0 spiro atoms. The predicted octanol–water partition coefficient (Wildman–Crippen LogP) is 2.85. The van der Waals surface area contributed by atoms with Crippen LogP contribution in [-0.2, 0) is 10.0 Å². The van der Waals surface area contributed by atoms with Crippen molar-refractivity contribution in [2.75, 3.05) is 0 Å². The van der Waals surface area contributed by atoms with E-state index in [1.54, 1.807) is 0 Å². The highest BCUT2D eigenvalue weighted by Gasteiger charge is 2.21. The lowest BCUT2D eigenvalue weighted by molar-refractivity contribution is 0.572. The highest BCUT2D eigenvalue weighted by atomic mass is 79.9. The van der Waals surface area contributed by atoms with Crippen molar-refractivity contribution in [1.29, 1.82) is 0 Å². The van der Waals surface area contributed by atoms with Crippen LogP contribution in [0.25, 0.3) is 0 Å². The van der Waals surface area contributed by atoms with Gasteiger partial charge in [0.2, 0.25) is 0 Å². The number of terminal acetylenes is 1. The van der Waals surface area contributed by atoms with Gasteiger partial charge in [0.15, 0.2) is 0 Å². The number of sulfonamides is 1. The molecule has 1 aromatic rings. The van der Waals surface area contributed by atoms with E-state index >= 15 is 0 Å². The van der Waals surface area contributed by atoms with Gasteiger partial charge in [-0.2, -0.15) is 4.72 Å². The molecule has 1 aromatic heterocycles. The third-order valence-corrected chi connectivity index (χ3v) is 6.21. The van der Waals surface area contributed by atoms with Crippen LogP contribution >= 0.6 is 38.9 Å². The summed E-state index contributed by atoms with van der Waals surface area (Å²) in [7, 11) is -3.57.